The van der Waals surface area contributed by atoms with Gasteiger partial charge in [0, 0.05) is 51.7 Å². The lowest BCUT2D eigenvalue weighted by molar-refractivity contribution is -0.380. The van der Waals surface area contributed by atoms with Gasteiger partial charge in [-0.15, -0.1) is 0 Å². The van der Waals surface area contributed by atoms with Crippen molar-refractivity contribution in [3.8, 4) is 0 Å². The average Bonchev–Trinajstić information content (AvgIpc) is 2.87. The molecule has 1 aliphatic heterocycles. The highest BCUT2D eigenvalue weighted by atomic mass is 32.1. The number of carbonyl (C=O) groups is 1. The van der Waals surface area contributed by atoms with Crippen LogP contribution < -0.4 is 5.32 Å². The number of amides is 1. The Labute approximate surface area is 121 Å². The van der Waals surface area contributed by atoms with Crippen molar-refractivity contribution in [2.75, 3.05) is 33.7 Å². The van der Waals surface area contributed by atoms with Gasteiger partial charge in [0.05, 0.1) is 4.92 Å². The van der Waals surface area contributed by atoms with Crippen molar-refractivity contribution in [3.05, 3.63) is 27.1 Å². The predicted octanol–water partition coefficient (Wildman–Crippen LogP) is 0.518. The number of thiophene rings is 1. The van der Waals surface area contributed by atoms with Gasteiger partial charge in [0.15, 0.2) is 0 Å². The Morgan fingerprint density at radius 3 is 3.00 bits per heavy atom. The first-order valence-electron chi connectivity index (χ1n) is 6.37. The highest BCUT2D eigenvalue weighted by molar-refractivity contribution is 7.13. The number of carbonyl (C=O) groups excluding carboxylic acids is 1. The average molecular weight is 298 g/mol. The molecule has 1 atom stereocenters. The molecule has 1 fully saturated rings. The zero-order valence-electron chi connectivity index (χ0n) is 11.5. The first-order valence-corrected chi connectivity index (χ1v) is 7.24. The van der Waals surface area contributed by atoms with Gasteiger partial charge < -0.3 is 10.2 Å². The molecule has 2 rings (SSSR count). The lowest BCUT2D eigenvalue weighted by atomic mass is 10.1. The molecule has 1 unspecified atom stereocenters. The fraction of sp³-hybridized carbons (Fsp3) is 0.583. The summed E-state index contributed by atoms with van der Waals surface area (Å²) >= 11 is 1.13. The molecule has 0 saturated carbocycles. The number of nitrogens with zero attached hydrogens (tertiary/aromatic N) is 3. The van der Waals surface area contributed by atoms with Crippen molar-refractivity contribution in [1.29, 1.82) is 0 Å². The minimum Gasteiger partial charge on any atom is -0.347 e. The summed E-state index contributed by atoms with van der Waals surface area (Å²) in [5.41, 5.74) is 0.889. The number of hydrogen-bond acceptors (Lipinski definition) is 6. The first-order chi connectivity index (χ1) is 9.49. The van der Waals surface area contributed by atoms with Gasteiger partial charge >= 0.3 is 5.00 Å². The van der Waals surface area contributed by atoms with Crippen LogP contribution in [0, 0.1) is 10.1 Å². The van der Waals surface area contributed by atoms with Crippen molar-refractivity contribution in [3.63, 3.8) is 0 Å². The van der Waals surface area contributed by atoms with Crippen LogP contribution >= 0.6 is 11.3 Å². The maximum absolute atomic E-state index is 12.2. The number of nitrogens with one attached hydrogen (secondary N) is 1. The Balaban J connectivity index is 2.08. The second-order valence-corrected chi connectivity index (χ2v) is 5.86. The third kappa shape index (κ3) is 3.33. The van der Waals surface area contributed by atoms with Crippen LogP contribution in [0.1, 0.15) is 5.56 Å². The van der Waals surface area contributed by atoms with Gasteiger partial charge in [0.25, 0.3) is 0 Å². The molecule has 0 aliphatic carbocycles. The summed E-state index contributed by atoms with van der Waals surface area (Å²) in [5, 5.41) is 15.8. The largest absolute Gasteiger partial charge is 0.347 e. The number of hydrogen-bond donors (Lipinski definition) is 1. The van der Waals surface area contributed by atoms with Crippen LogP contribution in [0.4, 0.5) is 5.00 Å². The Kier molecular flexibility index (Phi) is 4.69. The summed E-state index contributed by atoms with van der Waals surface area (Å²) in [4.78, 5) is 26.1. The van der Waals surface area contributed by atoms with E-state index in [2.05, 4.69) is 10.2 Å². The number of rotatable bonds is 4. The highest BCUT2D eigenvalue weighted by Crippen LogP contribution is 2.24. The Morgan fingerprint density at radius 2 is 2.40 bits per heavy atom. The standard InChI is InChI=1S/C12H18N4O3S/c1-14(2)12(17)10-6-13-3-4-15(10)7-9-5-11(16(18)19)20-8-9/h5,8,10,13H,3-4,6-7H2,1-2H3. The SMILES string of the molecule is CN(C)C(=O)C1CNCCN1Cc1csc([N+](=O)[O-])c1. The second-order valence-electron chi connectivity index (χ2n) is 4.97. The molecule has 8 heteroatoms. The van der Waals surface area contributed by atoms with Crippen molar-refractivity contribution in [2.45, 2.75) is 12.6 Å². The molecule has 1 aromatic rings. The molecule has 1 amide bonds. The molecule has 1 N–H and O–H groups in total. The first kappa shape index (κ1) is 14.9. The molecular weight excluding hydrogens is 280 g/mol. The quantitative estimate of drug-likeness (QED) is 0.647. The van der Waals surface area contributed by atoms with Gasteiger partial charge in [0.2, 0.25) is 5.91 Å². The van der Waals surface area contributed by atoms with Crippen molar-refractivity contribution in [2.24, 2.45) is 0 Å². The summed E-state index contributed by atoms with van der Waals surface area (Å²) < 4.78 is 0. The summed E-state index contributed by atoms with van der Waals surface area (Å²) in [7, 11) is 3.48. The van der Waals surface area contributed by atoms with Crippen LogP contribution in [-0.2, 0) is 11.3 Å². The maximum atomic E-state index is 12.2. The summed E-state index contributed by atoms with van der Waals surface area (Å²) in [6.07, 6.45) is 0. The normalized spacial score (nSPS) is 19.8. The third-order valence-electron chi connectivity index (χ3n) is 3.29. The van der Waals surface area contributed by atoms with Gasteiger partial charge in [-0.25, -0.2) is 0 Å². The Hall–Kier alpha value is -1.51. The zero-order valence-corrected chi connectivity index (χ0v) is 12.4. The zero-order chi connectivity index (χ0) is 14.7. The van der Waals surface area contributed by atoms with Gasteiger partial charge in [-0.05, 0) is 5.56 Å². The van der Waals surface area contributed by atoms with Crippen molar-refractivity contribution < 1.29 is 9.72 Å². The maximum Gasteiger partial charge on any atom is 0.324 e. The van der Waals surface area contributed by atoms with Crippen LogP contribution in [0.15, 0.2) is 11.4 Å². The lowest BCUT2D eigenvalue weighted by Gasteiger charge is -2.36. The van der Waals surface area contributed by atoms with Gasteiger partial charge in [-0.2, -0.15) is 0 Å². The molecule has 0 bridgehead atoms. The molecule has 0 radical (unpaired) electrons. The topological polar surface area (TPSA) is 78.7 Å². The Morgan fingerprint density at radius 1 is 1.65 bits per heavy atom. The van der Waals surface area contributed by atoms with Gasteiger partial charge in [-0.3, -0.25) is 19.8 Å². The van der Waals surface area contributed by atoms with E-state index < -0.39 is 0 Å². The third-order valence-corrected chi connectivity index (χ3v) is 4.21. The lowest BCUT2D eigenvalue weighted by Crippen LogP contribution is -2.57. The molecule has 0 aromatic carbocycles. The molecule has 1 aromatic heterocycles. The fourth-order valence-electron chi connectivity index (χ4n) is 2.25. The van der Waals surface area contributed by atoms with E-state index in [1.54, 1.807) is 30.4 Å². The van der Waals surface area contributed by atoms with E-state index in [-0.39, 0.29) is 21.9 Å². The van der Waals surface area contributed by atoms with Gasteiger partial charge in [-0.1, -0.05) is 11.3 Å². The van der Waals surface area contributed by atoms with Crippen LogP contribution in [0.5, 0.6) is 0 Å². The molecule has 20 heavy (non-hydrogen) atoms. The van der Waals surface area contributed by atoms with Crippen molar-refractivity contribution in [1.82, 2.24) is 15.1 Å². The molecule has 0 spiro atoms. The summed E-state index contributed by atoms with van der Waals surface area (Å²) in [6.45, 7) is 2.76. The molecule has 1 aliphatic rings. The van der Waals surface area contributed by atoms with E-state index in [1.165, 1.54) is 0 Å². The smallest absolute Gasteiger partial charge is 0.324 e. The minimum atomic E-state index is -0.381. The molecule has 2 heterocycles. The molecule has 110 valence electrons. The van der Waals surface area contributed by atoms with E-state index in [4.69, 9.17) is 0 Å². The molecule has 7 nitrogen and oxygen atoms in total. The fourth-order valence-corrected chi connectivity index (χ4v) is 2.97. The van der Waals surface area contributed by atoms with Crippen LogP contribution in [0.25, 0.3) is 0 Å². The van der Waals surface area contributed by atoms with Crippen LogP contribution in [0.2, 0.25) is 0 Å². The van der Waals surface area contributed by atoms with E-state index in [0.717, 1.165) is 30.0 Å². The van der Waals surface area contributed by atoms with Gasteiger partial charge in [0.1, 0.15) is 6.04 Å². The van der Waals surface area contributed by atoms with E-state index in [0.29, 0.717) is 13.1 Å². The summed E-state index contributed by atoms with van der Waals surface area (Å²) in [6, 6.07) is 1.38. The molecule has 1 saturated heterocycles. The predicted molar refractivity (Wildman–Crippen MR) is 76.7 cm³/mol. The number of nitro groups is 1. The highest BCUT2D eigenvalue weighted by Gasteiger charge is 2.30. The van der Waals surface area contributed by atoms with E-state index in [9.17, 15) is 14.9 Å². The number of piperazine rings is 1. The summed E-state index contributed by atoms with van der Waals surface area (Å²) in [5.74, 6) is 0.0573. The molecular formula is C12H18N4O3S. The number of likely N-dealkylation sites (N-methyl/N-ethyl adjacent to an activating group) is 1. The van der Waals surface area contributed by atoms with E-state index >= 15 is 0 Å². The monoisotopic (exact) mass is 298 g/mol. The van der Waals surface area contributed by atoms with E-state index in [1.807, 2.05) is 0 Å². The van der Waals surface area contributed by atoms with Crippen molar-refractivity contribution >= 4 is 22.2 Å². The Bertz CT molecular complexity index is 503. The second kappa shape index (κ2) is 6.29. The minimum absolute atomic E-state index is 0.0573. The van der Waals surface area contributed by atoms with Crippen LogP contribution in [-0.4, -0.2) is 60.4 Å². The van der Waals surface area contributed by atoms with Crippen LogP contribution in [0.3, 0.4) is 0 Å².